The van der Waals surface area contributed by atoms with Crippen molar-refractivity contribution in [2.24, 2.45) is 0 Å². The number of ether oxygens (including phenoxy) is 1. The zero-order valence-electron chi connectivity index (χ0n) is 9.93. The molecule has 0 bridgehead atoms. The highest BCUT2D eigenvalue weighted by Crippen LogP contribution is 2.14. The van der Waals surface area contributed by atoms with Crippen LogP contribution in [0.3, 0.4) is 0 Å². The van der Waals surface area contributed by atoms with E-state index in [2.05, 4.69) is 11.0 Å². The van der Waals surface area contributed by atoms with Gasteiger partial charge in [-0.05, 0) is 24.3 Å². The lowest BCUT2D eigenvalue weighted by molar-refractivity contribution is 0.112. The molecular formula is C13H16N2O2. The average Bonchev–Trinajstić information content (AvgIpc) is 2.39. The number of nitriles is 1. The van der Waals surface area contributed by atoms with Crippen LogP contribution in [-0.2, 0) is 4.74 Å². The van der Waals surface area contributed by atoms with Crippen molar-refractivity contribution in [1.29, 1.82) is 5.26 Å². The Morgan fingerprint density at radius 2 is 2.06 bits per heavy atom. The van der Waals surface area contributed by atoms with Gasteiger partial charge in [-0.2, -0.15) is 5.26 Å². The smallest absolute Gasteiger partial charge is 0.150 e. The standard InChI is InChI=1S/C13H16N2O2/c1-17-10-9-15(8-2-7-14)13-5-3-12(11-16)4-6-13/h3-6,11H,2,8-10H2,1H3. The number of nitrogens with zero attached hydrogens (tertiary/aromatic N) is 2. The maximum Gasteiger partial charge on any atom is 0.150 e. The number of aldehydes is 1. The molecule has 90 valence electrons. The molecule has 0 amide bonds. The number of hydrogen-bond acceptors (Lipinski definition) is 4. The van der Waals surface area contributed by atoms with Crippen molar-refractivity contribution >= 4 is 12.0 Å². The average molecular weight is 232 g/mol. The Morgan fingerprint density at radius 1 is 1.35 bits per heavy atom. The predicted octanol–water partition coefficient (Wildman–Crippen LogP) is 1.87. The first-order chi connectivity index (χ1) is 8.31. The van der Waals surface area contributed by atoms with E-state index in [-0.39, 0.29) is 0 Å². The number of rotatable bonds is 7. The van der Waals surface area contributed by atoms with E-state index in [0.29, 0.717) is 25.1 Å². The van der Waals surface area contributed by atoms with Gasteiger partial charge in [0.25, 0.3) is 0 Å². The summed E-state index contributed by atoms with van der Waals surface area (Å²) in [6.45, 7) is 2.01. The molecule has 0 unspecified atom stereocenters. The van der Waals surface area contributed by atoms with Crippen molar-refractivity contribution in [1.82, 2.24) is 0 Å². The summed E-state index contributed by atoms with van der Waals surface area (Å²) in [4.78, 5) is 12.6. The summed E-state index contributed by atoms with van der Waals surface area (Å²) in [5, 5.41) is 8.62. The summed E-state index contributed by atoms with van der Waals surface area (Å²) < 4.78 is 5.04. The zero-order valence-corrected chi connectivity index (χ0v) is 9.93. The Labute approximate surface area is 101 Å². The second-order valence-electron chi connectivity index (χ2n) is 3.60. The summed E-state index contributed by atoms with van der Waals surface area (Å²) >= 11 is 0. The van der Waals surface area contributed by atoms with Crippen LogP contribution in [0.2, 0.25) is 0 Å². The van der Waals surface area contributed by atoms with Crippen LogP contribution < -0.4 is 4.90 Å². The summed E-state index contributed by atoms with van der Waals surface area (Å²) in [7, 11) is 1.65. The molecule has 1 rings (SSSR count). The monoisotopic (exact) mass is 232 g/mol. The molecule has 0 aliphatic carbocycles. The van der Waals surface area contributed by atoms with E-state index < -0.39 is 0 Å². The van der Waals surface area contributed by atoms with Gasteiger partial charge in [0, 0.05) is 31.5 Å². The molecule has 17 heavy (non-hydrogen) atoms. The van der Waals surface area contributed by atoms with Crippen LogP contribution in [0.25, 0.3) is 0 Å². The number of methoxy groups -OCH3 is 1. The van der Waals surface area contributed by atoms with Gasteiger partial charge in [0.1, 0.15) is 6.29 Å². The van der Waals surface area contributed by atoms with E-state index in [1.165, 1.54) is 0 Å². The number of benzene rings is 1. The quantitative estimate of drug-likeness (QED) is 0.673. The summed E-state index contributed by atoms with van der Waals surface area (Å²) in [5.74, 6) is 0. The highest BCUT2D eigenvalue weighted by Gasteiger charge is 2.05. The second-order valence-corrected chi connectivity index (χ2v) is 3.60. The number of hydrogen-bond donors (Lipinski definition) is 0. The normalized spacial score (nSPS) is 9.65. The van der Waals surface area contributed by atoms with Gasteiger partial charge >= 0.3 is 0 Å². The molecule has 0 atom stereocenters. The van der Waals surface area contributed by atoms with Crippen LogP contribution in [0.4, 0.5) is 5.69 Å². The Bertz CT molecular complexity index is 381. The maximum atomic E-state index is 10.6. The van der Waals surface area contributed by atoms with Gasteiger partial charge in [0.2, 0.25) is 0 Å². The number of carbonyl (C=O) groups excluding carboxylic acids is 1. The lowest BCUT2D eigenvalue weighted by Crippen LogP contribution is -2.28. The SMILES string of the molecule is COCCN(CCC#N)c1ccc(C=O)cc1. The highest BCUT2D eigenvalue weighted by molar-refractivity contribution is 5.75. The lowest BCUT2D eigenvalue weighted by atomic mass is 10.2. The molecule has 0 radical (unpaired) electrons. The Kier molecular flexibility index (Phi) is 5.76. The predicted molar refractivity (Wildman–Crippen MR) is 66.1 cm³/mol. The maximum absolute atomic E-state index is 10.6. The van der Waals surface area contributed by atoms with Crippen molar-refractivity contribution < 1.29 is 9.53 Å². The molecule has 1 aromatic rings. The summed E-state index contributed by atoms with van der Waals surface area (Å²) in [6, 6.07) is 9.44. The van der Waals surface area contributed by atoms with Gasteiger partial charge in [0.15, 0.2) is 0 Å². The fraction of sp³-hybridized carbons (Fsp3) is 0.385. The van der Waals surface area contributed by atoms with Crippen LogP contribution in [0.5, 0.6) is 0 Å². The lowest BCUT2D eigenvalue weighted by Gasteiger charge is -2.23. The topological polar surface area (TPSA) is 53.3 Å². The Morgan fingerprint density at radius 3 is 2.59 bits per heavy atom. The Hall–Kier alpha value is -1.86. The third kappa shape index (κ3) is 4.25. The molecule has 0 spiro atoms. The van der Waals surface area contributed by atoms with Crippen LogP contribution >= 0.6 is 0 Å². The molecule has 4 heteroatoms. The van der Waals surface area contributed by atoms with E-state index in [0.717, 1.165) is 18.5 Å². The summed E-state index contributed by atoms with van der Waals surface area (Å²) in [5.41, 5.74) is 1.66. The molecule has 0 aliphatic heterocycles. The fourth-order valence-corrected chi connectivity index (χ4v) is 1.52. The molecular weight excluding hydrogens is 216 g/mol. The molecule has 0 aromatic heterocycles. The molecule has 0 aliphatic rings. The molecule has 0 saturated carbocycles. The van der Waals surface area contributed by atoms with Crippen molar-refractivity contribution in [3.05, 3.63) is 29.8 Å². The van der Waals surface area contributed by atoms with Crippen LogP contribution in [0, 0.1) is 11.3 Å². The first kappa shape index (κ1) is 13.2. The first-order valence-electron chi connectivity index (χ1n) is 5.48. The number of carbonyl (C=O) groups is 1. The van der Waals surface area contributed by atoms with Gasteiger partial charge in [-0.3, -0.25) is 4.79 Å². The van der Waals surface area contributed by atoms with E-state index >= 15 is 0 Å². The minimum atomic E-state index is 0.471. The van der Waals surface area contributed by atoms with Gasteiger partial charge in [0.05, 0.1) is 19.1 Å². The van der Waals surface area contributed by atoms with Crippen molar-refractivity contribution in [2.45, 2.75) is 6.42 Å². The van der Waals surface area contributed by atoms with Gasteiger partial charge in [-0.15, -0.1) is 0 Å². The molecule has 4 nitrogen and oxygen atoms in total. The largest absolute Gasteiger partial charge is 0.383 e. The third-order valence-electron chi connectivity index (χ3n) is 2.45. The van der Waals surface area contributed by atoms with Crippen LogP contribution in [-0.4, -0.2) is 33.1 Å². The van der Waals surface area contributed by atoms with E-state index in [9.17, 15) is 4.79 Å². The number of anilines is 1. The van der Waals surface area contributed by atoms with Crippen LogP contribution in [0.15, 0.2) is 24.3 Å². The minimum absolute atomic E-state index is 0.471. The fourth-order valence-electron chi connectivity index (χ4n) is 1.52. The van der Waals surface area contributed by atoms with Crippen molar-refractivity contribution in [2.75, 3.05) is 31.7 Å². The van der Waals surface area contributed by atoms with Gasteiger partial charge in [-0.1, -0.05) is 0 Å². The van der Waals surface area contributed by atoms with Gasteiger partial charge < -0.3 is 9.64 Å². The van der Waals surface area contributed by atoms with Crippen molar-refractivity contribution in [3.63, 3.8) is 0 Å². The van der Waals surface area contributed by atoms with E-state index in [1.54, 1.807) is 19.2 Å². The second kappa shape index (κ2) is 7.42. The molecule has 0 N–H and O–H groups in total. The Balaban J connectivity index is 2.72. The van der Waals surface area contributed by atoms with Crippen LogP contribution in [0.1, 0.15) is 16.8 Å². The van der Waals surface area contributed by atoms with E-state index in [1.807, 2.05) is 12.1 Å². The van der Waals surface area contributed by atoms with E-state index in [4.69, 9.17) is 10.00 Å². The molecule has 0 heterocycles. The molecule has 0 saturated heterocycles. The van der Waals surface area contributed by atoms with Gasteiger partial charge in [-0.25, -0.2) is 0 Å². The molecule has 0 fully saturated rings. The highest BCUT2D eigenvalue weighted by atomic mass is 16.5. The third-order valence-corrected chi connectivity index (χ3v) is 2.45. The minimum Gasteiger partial charge on any atom is -0.383 e. The van der Waals surface area contributed by atoms with Crippen molar-refractivity contribution in [3.8, 4) is 6.07 Å². The zero-order chi connectivity index (χ0) is 12.5. The summed E-state index contributed by atoms with van der Waals surface area (Å²) in [6.07, 6.45) is 1.29. The first-order valence-corrected chi connectivity index (χ1v) is 5.48. The molecule has 1 aromatic carbocycles.